The highest BCUT2D eigenvalue weighted by atomic mass is 16.5. The van der Waals surface area contributed by atoms with Crippen molar-refractivity contribution in [2.75, 3.05) is 56.1 Å². The molecule has 41 heavy (non-hydrogen) atoms. The van der Waals surface area contributed by atoms with Gasteiger partial charge in [0, 0.05) is 55.4 Å². The number of benzene rings is 2. The van der Waals surface area contributed by atoms with Crippen LogP contribution < -0.4 is 14.5 Å². The fourth-order valence-electron chi connectivity index (χ4n) is 6.63. The van der Waals surface area contributed by atoms with Gasteiger partial charge in [0.15, 0.2) is 0 Å². The van der Waals surface area contributed by atoms with Crippen molar-refractivity contribution in [1.82, 2.24) is 19.8 Å². The van der Waals surface area contributed by atoms with Gasteiger partial charge in [-0.05, 0) is 64.2 Å². The fourth-order valence-corrected chi connectivity index (χ4v) is 6.63. The first-order valence-corrected chi connectivity index (χ1v) is 14.7. The second-order valence-electron chi connectivity index (χ2n) is 11.8. The minimum absolute atomic E-state index is 0.0323. The van der Waals surface area contributed by atoms with Crippen molar-refractivity contribution in [3.63, 3.8) is 0 Å². The van der Waals surface area contributed by atoms with Gasteiger partial charge in [0.05, 0.1) is 17.8 Å². The summed E-state index contributed by atoms with van der Waals surface area (Å²) < 4.78 is 6.55. The van der Waals surface area contributed by atoms with Crippen molar-refractivity contribution in [3.8, 4) is 11.8 Å². The highest BCUT2D eigenvalue weighted by molar-refractivity contribution is 5.95. The molecule has 2 saturated heterocycles. The number of likely N-dealkylation sites (N-methyl/N-ethyl adjacent to an activating group) is 1. The third-order valence-electron chi connectivity index (χ3n) is 9.46. The van der Waals surface area contributed by atoms with Gasteiger partial charge in [-0.15, -0.1) is 0 Å². The number of fused-ring (bicyclic) bond motifs is 2. The molecule has 2 atom stereocenters. The molecule has 1 aromatic heterocycles. The van der Waals surface area contributed by atoms with E-state index in [0.717, 1.165) is 65.9 Å². The van der Waals surface area contributed by atoms with E-state index in [1.807, 2.05) is 35.2 Å². The minimum atomic E-state index is -0.0855. The van der Waals surface area contributed by atoms with Crippen LogP contribution in [0.2, 0.25) is 0 Å². The Balaban J connectivity index is 1.34. The number of hydrogen-bond donors (Lipinski definition) is 1. The Morgan fingerprint density at radius 2 is 1.88 bits per heavy atom. The van der Waals surface area contributed by atoms with Gasteiger partial charge in [0.25, 0.3) is 0 Å². The summed E-state index contributed by atoms with van der Waals surface area (Å²) in [4.78, 5) is 31.0. The van der Waals surface area contributed by atoms with Crippen LogP contribution in [0.15, 0.2) is 49.1 Å². The first-order chi connectivity index (χ1) is 19.8. The van der Waals surface area contributed by atoms with E-state index in [4.69, 9.17) is 14.7 Å². The lowest BCUT2D eigenvalue weighted by molar-refractivity contribution is -0.126. The summed E-state index contributed by atoms with van der Waals surface area (Å²) in [5.74, 6) is 1.13. The van der Waals surface area contributed by atoms with E-state index in [1.165, 1.54) is 6.08 Å². The van der Waals surface area contributed by atoms with Crippen LogP contribution >= 0.6 is 0 Å². The maximum atomic E-state index is 12.2. The van der Waals surface area contributed by atoms with Gasteiger partial charge in [-0.2, -0.15) is 9.97 Å². The number of aromatic hydroxyl groups is 1. The summed E-state index contributed by atoms with van der Waals surface area (Å²) in [5, 5.41) is 12.6. The fraction of sp³-hybridized carbons (Fsp3) is 0.469. The van der Waals surface area contributed by atoms with Crippen LogP contribution in [0.25, 0.3) is 10.8 Å². The van der Waals surface area contributed by atoms with Gasteiger partial charge in [-0.25, -0.2) is 0 Å². The molecule has 0 saturated carbocycles. The Bertz CT molecular complexity index is 1470. The molecule has 9 nitrogen and oxygen atoms in total. The van der Waals surface area contributed by atoms with Crippen molar-refractivity contribution in [2.24, 2.45) is 0 Å². The predicted molar refractivity (Wildman–Crippen MR) is 162 cm³/mol. The quantitative estimate of drug-likeness (QED) is 0.457. The number of piperazine rings is 1. The average Bonchev–Trinajstić information content (AvgIpc) is 3.34. The lowest BCUT2D eigenvalue weighted by Gasteiger charge is -2.39. The summed E-state index contributed by atoms with van der Waals surface area (Å²) in [5.41, 5.74) is 3.01. The summed E-state index contributed by atoms with van der Waals surface area (Å²) >= 11 is 0. The molecule has 1 amide bonds. The van der Waals surface area contributed by atoms with Gasteiger partial charge in [0.1, 0.15) is 17.7 Å². The highest BCUT2D eigenvalue weighted by Gasteiger charge is 2.41. The van der Waals surface area contributed by atoms with Crippen molar-refractivity contribution in [1.29, 1.82) is 0 Å². The monoisotopic (exact) mass is 556 g/mol. The predicted octanol–water partition coefficient (Wildman–Crippen LogP) is 3.98. The second-order valence-corrected chi connectivity index (χ2v) is 11.8. The molecule has 216 valence electrons. The summed E-state index contributed by atoms with van der Waals surface area (Å²) in [6, 6.07) is 12.2. The van der Waals surface area contributed by atoms with Crippen LogP contribution in [0, 0.1) is 0 Å². The Kier molecular flexibility index (Phi) is 7.23. The summed E-state index contributed by atoms with van der Waals surface area (Å²) in [6.45, 7) is 13.1. The molecule has 3 aromatic rings. The molecule has 0 bridgehead atoms. The van der Waals surface area contributed by atoms with E-state index in [1.54, 1.807) is 0 Å². The normalized spacial score (nSPS) is 22.1. The zero-order valence-electron chi connectivity index (χ0n) is 24.3. The van der Waals surface area contributed by atoms with Crippen molar-refractivity contribution >= 4 is 28.2 Å². The molecular formula is C32H40N6O3. The zero-order chi connectivity index (χ0) is 28.7. The van der Waals surface area contributed by atoms with Gasteiger partial charge in [-0.3, -0.25) is 9.69 Å². The molecule has 0 aliphatic carbocycles. The molecule has 1 N–H and O–H groups in total. The maximum absolute atomic E-state index is 12.2. The van der Waals surface area contributed by atoms with Crippen LogP contribution in [0.5, 0.6) is 11.8 Å². The molecule has 2 aromatic carbocycles. The van der Waals surface area contributed by atoms with Gasteiger partial charge < -0.3 is 24.5 Å². The number of hydrogen-bond acceptors (Lipinski definition) is 8. The van der Waals surface area contributed by atoms with Gasteiger partial charge in [0.2, 0.25) is 5.91 Å². The maximum Gasteiger partial charge on any atom is 0.319 e. The van der Waals surface area contributed by atoms with E-state index >= 15 is 0 Å². The highest BCUT2D eigenvalue weighted by Crippen LogP contribution is 2.37. The Morgan fingerprint density at radius 1 is 1.10 bits per heavy atom. The second kappa shape index (κ2) is 10.9. The van der Waals surface area contributed by atoms with Gasteiger partial charge >= 0.3 is 6.01 Å². The lowest BCUT2D eigenvalue weighted by Crippen LogP contribution is -2.50. The van der Waals surface area contributed by atoms with Crippen LogP contribution in [0.1, 0.15) is 37.9 Å². The summed E-state index contributed by atoms with van der Waals surface area (Å²) in [6.07, 6.45) is 4.29. The number of aromatic nitrogens is 2. The zero-order valence-corrected chi connectivity index (χ0v) is 24.3. The molecule has 4 heterocycles. The first kappa shape index (κ1) is 27.3. The summed E-state index contributed by atoms with van der Waals surface area (Å²) in [7, 11) is 2.16. The number of phenolic OH excluding ortho intramolecular Hbond substituents is 1. The topological polar surface area (TPSA) is 85.3 Å². The third-order valence-corrected chi connectivity index (χ3v) is 9.46. The smallest absolute Gasteiger partial charge is 0.319 e. The van der Waals surface area contributed by atoms with Crippen molar-refractivity contribution in [3.05, 3.63) is 60.3 Å². The van der Waals surface area contributed by atoms with Crippen molar-refractivity contribution in [2.45, 2.75) is 51.3 Å². The molecular weight excluding hydrogens is 516 g/mol. The number of anilines is 2. The van der Waals surface area contributed by atoms with Crippen LogP contribution in [-0.2, 0) is 17.8 Å². The Hall–Kier alpha value is -3.85. The molecule has 0 radical (unpaired) electrons. The minimum Gasteiger partial charge on any atom is -0.508 e. The number of phenols is 1. The van der Waals surface area contributed by atoms with Crippen LogP contribution in [-0.4, -0.2) is 88.7 Å². The molecule has 6 rings (SSSR count). The van der Waals surface area contributed by atoms with E-state index in [2.05, 4.69) is 48.2 Å². The van der Waals surface area contributed by atoms with Crippen LogP contribution in [0.4, 0.5) is 11.5 Å². The molecule has 2 fully saturated rings. The Labute approximate surface area is 242 Å². The van der Waals surface area contributed by atoms with Crippen LogP contribution in [0.3, 0.4) is 0 Å². The van der Waals surface area contributed by atoms with E-state index in [9.17, 15) is 9.90 Å². The molecule has 9 heteroatoms. The number of likely N-dealkylation sites (tertiary alicyclic amines) is 1. The third kappa shape index (κ3) is 5.07. The SMILES string of the molecule is C=CC(=O)N1CCN(c2nc(O[C@@H](C)[C@@]3(C)CCCN3C)nc3c2CCN(c2cc(O)cc4ccccc24)C3)CC1. The number of carbonyl (C=O) groups excluding carboxylic acids is 1. The van der Waals surface area contributed by atoms with E-state index in [-0.39, 0.29) is 23.3 Å². The van der Waals surface area contributed by atoms with E-state index < -0.39 is 0 Å². The molecule has 0 spiro atoms. The number of amides is 1. The largest absolute Gasteiger partial charge is 0.508 e. The standard InChI is InChI=1S/C32H40N6O3/c1-5-29(40)36-15-17-37(18-16-36)30-26-11-14-38(28-20-24(39)19-23-9-6-7-10-25(23)28)21-27(26)33-31(34-30)41-22(2)32(3)12-8-13-35(32)4/h5-7,9-10,19-20,22,39H,1,8,11-18,21H2,2-4H3/t22-,32+/m0/s1. The number of rotatable bonds is 6. The van der Waals surface area contributed by atoms with Gasteiger partial charge in [-0.1, -0.05) is 30.8 Å². The van der Waals surface area contributed by atoms with Crippen molar-refractivity contribution < 1.29 is 14.6 Å². The Morgan fingerprint density at radius 3 is 2.61 bits per heavy atom. The number of carbonyl (C=O) groups is 1. The van der Waals surface area contributed by atoms with E-state index in [0.29, 0.717) is 38.7 Å². The molecule has 3 aliphatic rings. The lowest BCUT2D eigenvalue weighted by atomic mass is 9.93. The molecule has 0 unspecified atom stereocenters. The average molecular weight is 557 g/mol. The first-order valence-electron chi connectivity index (χ1n) is 14.7. The number of ether oxygens (including phenoxy) is 1. The number of nitrogens with zero attached hydrogens (tertiary/aromatic N) is 6. The molecule has 3 aliphatic heterocycles.